The summed E-state index contributed by atoms with van der Waals surface area (Å²) in [6.45, 7) is 5.09. The van der Waals surface area contributed by atoms with Crippen LogP contribution in [0.2, 0.25) is 0 Å². The third-order valence-electron chi connectivity index (χ3n) is 4.87. The van der Waals surface area contributed by atoms with E-state index in [1.807, 2.05) is 37.3 Å². The number of furan rings is 1. The molecule has 0 unspecified atom stereocenters. The van der Waals surface area contributed by atoms with Crippen LogP contribution in [-0.2, 0) is 0 Å². The van der Waals surface area contributed by atoms with Gasteiger partial charge in [0.25, 0.3) is 5.91 Å². The summed E-state index contributed by atoms with van der Waals surface area (Å²) < 4.78 is 5.17. The van der Waals surface area contributed by atoms with E-state index in [-0.39, 0.29) is 5.91 Å². The number of aliphatic hydroxyl groups is 1. The summed E-state index contributed by atoms with van der Waals surface area (Å²) >= 11 is 0. The molecular weight excluding hydrogens is 316 g/mol. The lowest BCUT2D eigenvalue weighted by molar-refractivity contribution is 0.0852. The van der Waals surface area contributed by atoms with Crippen molar-refractivity contribution in [3.63, 3.8) is 0 Å². The molecule has 1 aliphatic rings. The van der Waals surface area contributed by atoms with E-state index in [2.05, 4.69) is 10.2 Å². The van der Waals surface area contributed by atoms with Gasteiger partial charge in [-0.3, -0.25) is 4.79 Å². The van der Waals surface area contributed by atoms with Gasteiger partial charge in [-0.05, 0) is 50.4 Å². The normalized spacial score (nSPS) is 17.4. The van der Waals surface area contributed by atoms with Crippen molar-refractivity contribution in [1.29, 1.82) is 0 Å². The summed E-state index contributed by atoms with van der Waals surface area (Å²) in [6.07, 6.45) is 3.12. The number of nitrogens with one attached hydrogen (secondary N) is 1. The van der Waals surface area contributed by atoms with Crippen molar-refractivity contribution in [3.8, 4) is 0 Å². The van der Waals surface area contributed by atoms with E-state index in [4.69, 9.17) is 4.42 Å². The lowest BCUT2D eigenvalue weighted by atomic mass is 9.96. The number of aliphatic hydroxyl groups excluding tert-OH is 1. The minimum absolute atomic E-state index is 0.0706. The Bertz CT molecular complexity index is 675. The van der Waals surface area contributed by atoms with Crippen LogP contribution in [0.15, 0.2) is 47.1 Å². The Morgan fingerprint density at radius 1 is 1.32 bits per heavy atom. The maximum Gasteiger partial charge on any atom is 0.254 e. The van der Waals surface area contributed by atoms with Crippen LogP contribution >= 0.6 is 0 Å². The number of likely N-dealkylation sites (tertiary alicyclic amines) is 1. The SMILES string of the molecule is Cc1cc(C(=O)NCC2CCN(C[C@@H](O)c3ccccc3)CC2)co1. The summed E-state index contributed by atoms with van der Waals surface area (Å²) in [5, 5.41) is 13.3. The molecule has 1 aromatic heterocycles. The summed E-state index contributed by atoms with van der Waals surface area (Å²) in [6, 6.07) is 11.5. The average Bonchev–Trinajstić information content (AvgIpc) is 3.08. The fourth-order valence-corrected chi connectivity index (χ4v) is 3.30. The van der Waals surface area contributed by atoms with Crippen LogP contribution in [0.4, 0.5) is 0 Å². The third kappa shape index (κ3) is 4.94. The van der Waals surface area contributed by atoms with Crippen LogP contribution in [0.5, 0.6) is 0 Å². The van der Waals surface area contributed by atoms with E-state index in [0.29, 0.717) is 24.6 Å². The minimum atomic E-state index is -0.443. The number of piperidine rings is 1. The Morgan fingerprint density at radius 2 is 2.04 bits per heavy atom. The molecule has 1 aliphatic heterocycles. The van der Waals surface area contributed by atoms with Gasteiger partial charge >= 0.3 is 0 Å². The zero-order valence-electron chi connectivity index (χ0n) is 14.6. The lowest BCUT2D eigenvalue weighted by Crippen LogP contribution is -2.40. The smallest absolute Gasteiger partial charge is 0.254 e. The number of carbonyl (C=O) groups excluding carboxylic acids is 1. The third-order valence-corrected chi connectivity index (χ3v) is 4.87. The molecule has 1 aromatic carbocycles. The highest BCUT2D eigenvalue weighted by molar-refractivity contribution is 5.93. The highest BCUT2D eigenvalue weighted by Gasteiger charge is 2.22. The molecule has 5 heteroatoms. The van der Waals surface area contributed by atoms with Gasteiger partial charge in [0.2, 0.25) is 0 Å². The Balaban J connectivity index is 1.39. The Morgan fingerprint density at radius 3 is 2.68 bits per heavy atom. The molecule has 0 spiro atoms. The first kappa shape index (κ1) is 17.7. The highest BCUT2D eigenvalue weighted by atomic mass is 16.3. The maximum absolute atomic E-state index is 12.1. The molecule has 2 aromatic rings. The molecule has 0 radical (unpaired) electrons. The largest absolute Gasteiger partial charge is 0.469 e. The number of amides is 1. The van der Waals surface area contributed by atoms with Crippen LogP contribution < -0.4 is 5.32 Å². The van der Waals surface area contributed by atoms with Crippen molar-refractivity contribution in [1.82, 2.24) is 10.2 Å². The number of aryl methyl sites for hydroxylation is 1. The molecule has 1 saturated heterocycles. The molecule has 0 bridgehead atoms. The van der Waals surface area contributed by atoms with Crippen molar-refractivity contribution in [2.45, 2.75) is 25.9 Å². The average molecular weight is 342 g/mol. The van der Waals surface area contributed by atoms with Gasteiger partial charge in [0.15, 0.2) is 0 Å². The van der Waals surface area contributed by atoms with E-state index in [0.717, 1.165) is 37.3 Å². The van der Waals surface area contributed by atoms with E-state index in [1.54, 1.807) is 6.07 Å². The van der Waals surface area contributed by atoms with Crippen LogP contribution in [0, 0.1) is 12.8 Å². The first-order chi connectivity index (χ1) is 12.1. The van der Waals surface area contributed by atoms with Gasteiger partial charge in [-0.1, -0.05) is 30.3 Å². The van der Waals surface area contributed by atoms with E-state index in [9.17, 15) is 9.90 Å². The molecular formula is C20H26N2O3. The molecule has 0 aliphatic carbocycles. The van der Waals surface area contributed by atoms with Crippen LogP contribution in [0.1, 0.15) is 40.6 Å². The van der Waals surface area contributed by atoms with E-state index < -0.39 is 6.10 Å². The van der Waals surface area contributed by atoms with Crippen LogP contribution in [0.25, 0.3) is 0 Å². The fourth-order valence-electron chi connectivity index (χ4n) is 3.30. The molecule has 5 nitrogen and oxygen atoms in total. The van der Waals surface area contributed by atoms with Crippen molar-refractivity contribution >= 4 is 5.91 Å². The number of nitrogens with zero attached hydrogens (tertiary/aromatic N) is 1. The maximum atomic E-state index is 12.1. The zero-order chi connectivity index (χ0) is 17.6. The number of rotatable bonds is 6. The molecule has 2 N–H and O–H groups in total. The quantitative estimate of drug-likeness (QED) is 0.847. The molecule has 25 heavy (non-hydrogen) atoms. The van der Waals surface area contributed by atoms with Gasteiger partial charge in [0.05, 0.1) is 11.7 Å². The predicted molar refractivity (Wildman–Crippen MR) is 96.3 cm³/mol. The molecule has 3 rings (SSSR count). The lowest BCUT2D eigenvalue weighted by Gasteiger charge is -2.33. The van der Waals surface area contributed by atoms with Crippen molar-refractivity contribution in [3.05, 3.63) is 59.5 Å². The topological polar surface area (TPSA) is 65.7 Å². The summed E-state index contributed by atoms with van der Waals surface area (Å²) in [7, 11) is 0. The summed E-state index contributed by atoms with van der Waals surface area (Å²) in [5.74, 6) is 1.16. The molecule has 2 heterocycles. The van der Waals surface area contributed by atoms with E-state index in [1.165, 1.54) is 6.26 Å². The Labute approximate surface area is 148 Å². The van der Waals surface area contributed by atoms with Crippen molar-refractivity contribution in [2.24, 2.45) is 5.92 Å². The first-order valence-electron chi connectivity index (χ1n) is 8.90. The number of benzene rings is 1. The Kier molecular flexibility index (Phi) is 5.89. The number of hydrogen-bond donors (Lipinski definition) is 2. The molecule has 1 atom stereocenters. The Hall–Kier alpha value is -2.11. The molecule has 1 fully saturated rings. The van der Waals surface area contributed by atoms with Gasteiger partial charge < -0.3 is 19.7 Å². The second-order valence-electron chi connectivity index (χ2n) is 6.83. The molecule has 134 valence electrons. The van der Waals surface area contributed by atoms with Crippen LogP contribution in [0.3, 0.4) is 0 Å². The van der Waals surface area contributed by atoms with Gasteiger partial charge in [0.1, 0.15) is 12.0 Å². The molecule has 0 saturated carbocycles. The van der Waals surface area contributed by atoms with Crippen LogP contribution in [-0.4, -0.2) is 42.1 Å². The predicted octanol–water partition coefficient (Wildman–Crippen LogP) is 2.76. The second-order valence-corrected chi connectivity index (χ2v) is 6.83. The fraction of sp³-hybridized carbons (Fsp3) is 0.450. The molecule has 1 amide bonds. The monoisotopic (exact) mass is 342 g/mol. The number of carbonyl (C=O) groups is 1. The van der Waals surface area contributed by atoms with Gasteiger partial charge in [-0.25, -0.2) is 0 Å². The number of β-amino-alcohol motifs (C(OH)–C–C–N with tert-alkyl or cyclic N) is 1. The second kappa shape index (κ2) is 8.32. The van der Waals surface area contributed by atoms with Gasteiger partial charge in [0, 0.05) is 13.1 Å². The standard InChI is InChI=1S/C20H26N2O3/c1-15-11-18(14-25-15)20(24)21-12-16-7-9-22(10-8-16)13-19(23)17-5-3-2-4-6-17/h2-6,11,14,16,19,23H,7-10,12-13H2,1H3,(H,21,24)/t19-/m1/s1. The highest BCUT2D eigenvalue weighted by Crippen LogP contribution is 2.20. The minimum Gasteiger partial charge on any atom is -0.469 e. The number of hydrogen-bond acceptors (Lipinski definition) is 4. The summed E-state index contributed by atoms with van der Waals surface area (Å²) in [5.41, 5.74) is 1.55. The van der Waals surface area contributed by atoms with E-state index >= 15 is 0 Å². The van der Waals surface area contributed by atoms with Gasteiger partial charge in [-0.15, -0.1) is 0 Å². The van der Waals surface area contributed by atoms with Crippen molar-refractivity contribution in [2.75, 3.05) is 26.2 Å². The summed E-state index contributed by atoms with van der Waals surface area (Å²) in [4.78, 5) is 14.4. The zero-order valence-corrected chi connectivity index (χ0v) is 14.6. The van der Waals surface area contributed by atoms with Crippen molar-refractivity contribution < 1.29 is 14.3 Å². The first-order valence-corrected chi connectivity index (χ1v) is 8.90. The van der Waals surface area contributed by atoms with Gasteiger partial charge in [-0.2, -0.15) is 0 Å².